The summed E-state index contributed by atoms with van der Waals surface area (Å²) in [5, 5.41) is 13.6. The van der Waals surface area contributed by atoms with Crippen molar-refractivity contribution in [1.82, 2.24) is 5.43 Å². The number of carbonyl (C=O) groups excluding carboxylic acids is 1. The van der Waals surface area contributed by atoms with Gasteiger partial charge in [0.1, 0.15) is 6.07 Å². The largest absolute Gasteiger partial charge is 0.272 e. The number of nitrogens with zero attached hydrogens (tertiary/aromatic N) is 2. The van der Waals surface area contributed by atoms with Gasteiger partial charge in [-0.2, -0.15) is 10.4 Å². The maximum atomic E-state index is 12.0. The molecule has 0 aliphatic carbocycles. The fourth-order valence-electron chi connectivity index (χ4n) is 1.61. The SMILES string of the molecule is N#C/C(=N\NC(=O)c1ccccc1Cl)c1ccccc1Cl. The molecule has 0 spiro atoms. The molecule has 0 atom stereocenters. The van der Waals surface area contributed by atoms with Gasteiger partial charge in [0.25, 0.3) is 5.91 Å². The van der Waals surface area contributed by atoms with E-state index in [1.54, 1.807) is 48.5 Å². The van der Waals surface area contributed by atoms with Crippen molar-refractivity contribution in [3.63, 3.8) is 0 Å². The Hall–Kier alpha value is -2.35. The van der Waals surface area contributed by atoms with Crippen LogP contribution in [0.2, 0.25) is 10.0 Å². The zero-order chi connectivity index (χ0) is 15.2. The third-order valence-electron chi connectivity index (χ3n) is 2.62. The molecule has 0 unspecified atom stereocenters. The number of amides is 1. The van der Waals surface area contributed by atoms with Crippen LogP contribution in [0.3, 0.4) is 0 Å². The monoisotopic (exact) mass is 317 g/mol. The van der Waals surface area contributed by atoms with E-state index in [0.29, 0.717) is 15.6 Å². The molecule has 0 aliphatic heterocycles. The quantitative estimate of drug-likeness (QED) is 0.693. The summed E-state index contributed by atoms with van der Waals surface area (Å²) in [6.45, 7) is 0. The topological polar surface area (TPSA) is 65.2 Å². The van der Waals surface area contributed by atoms with Crippen LogP contribution in [0.15, 0.2) is 53.6 Å². The van der Waals surface area contributed by atoms with E-state index in [2.05, 4.69) is 10.5 Å². The van der Waals surface area contributed by atoms with Crippen molar-refractivity contribution in [2.45, 2.75) is 0 Å². The number of benzene rings is 2. The zero-order valence-electron chi connectivity index (χ0n) is 10.7. The molecule has 6 heteroatoms. The molecule has 1 N–H and O–H groups in total. The molecule has 4 nitrogen and oxygen atoms in total. The van der Waals surface area contributed by atoms with Crippen LogP contribution in [-0.2, 0) is 0 Å². The van der Waals surface area contributed by atoms with Crippen molar-refractivity contribution >= 4 is 34.8 Å². The van der Waals surface area contributed by atoms with Crippen molar-refractivity contribution in [3.05, 3.63) is 69.7 Å². The lowest BCUT2D eigenvalue weighted by Gasteiger charge is -2.04. The van der Waals surface area contributed by atoms with E-state index in [1.165, 1.54) is 0 Å². The van der Waals surface area contributed by atoms with Crippen LogP contribution in [-0.4, -0.2) is 11.6 Å². The maximum Gasteiger partial charge on any atom is 0.272 e. The molecule has 0 radical (unpaired) electrons. The van der Waals surface area contributed by atoms with E-state index in [1.807, 2.05) is 6.07 Å². The smallest absolute Gasteiger partial charge is 0.267 e. The van der Waals surface area contributed by atoms with Gasteiger partial charge in [-0.05, 0) is 18.2 Å². The summed E-state index contributed by atoms with van der Waals surface area (Å²) in [4.78, 5) is 12.0. The van der Waals surface area contributed by atoms with Gasteiger partial charge in [0.2, 0.25) is 0 Å². The first-order chi connectivity index (χ1) is 10.1. The molecule has 1 amide bonds. The summed E-state index contributed by atoms with van der Waals surface area (Å²) in [6.07, 6.45) is 0. The highest BCUT2D eigenvalue weighted by Crippen LogP contribution is 2.16. The van der Waals surface area contributed by atoms with Gasteiger partial charge in [-0.1, -0.05) is 53.5 Å². The van der Waals surface area contributed by atoms with Gasteiger partial charge in [0.05, 0.1) is 15.6 Å². The van der Waals surface area contributed by atoms with Crippen LogP contribution in [0.1, 0.15) is 15.9 Å². The summed E-state index contributed by atoms with van der Waals surface area (Å²) in [5.41, 5.74) is 3.04. The number of nitriles is 1. The van der Waals surface area contributed by atoms with E-state index in [9.17, 15) is 4.79 Å². The van der Waals surface area contributed by atoms with Crippen LogP contribution in [0.4, 0.5) is 0 Å². The minimum absolute atomic E-state index is 0.0148. The molecule has 0 aliphatic rings. The van der Waals surface area contributed by atoms with E-state index in [4.69, 9.17) is 28.5 Å². The Morgan fingerprint density at radius 1 is 1.00 bits per heavy atom. The molecule has 2 aromatic rings. The second-order valence-corrected chi connectivity index (χ2v) is 4.79. The molecule has 2 rings (SSSR count). The summed E-state index contributed by atoms with van der Waals surface area (Å²) < 4.78 is 0. The Balaban J connectivity index is 2.24. The Kier molecular flexibility index (Phi) is 4.94. The number of hydrogen-bond donors (Lipinski definition) is 1. The molecule has 0 heterocycles. The number of halogens is 2. The fraction of sp³-hybridized carbons (Fsp3) is 0. The predicted octanol–water partition coefficient (Wildman–Crippen LogP) is 3.65. The number of carbonyl (C=O) groups is 1. The van der Waals surface area contributed by atoms with Crippen molar-refractivity contribution in [3.8, 4) is 6.07 Å². The maximum absolute atomic E-state index is 12.0. The van der Waals surface area contributed by atoms with Crippen LogP contribution in [0, 0.1) is 11.3 Å². The lowest BCUT2D eigenvalue weighted by Crippen LogP contribution is -2.20. The van der Waals surface area contributed by atoms with E-state index < -0.39 is 5.91 Å². The minimum Gasteiger partial charge on any atom is -0.267 e. The number of hydrogen-bond acceptors (Lipinski definition) is 3. The van der Waals surface area contributed by atoms with Crippen molar-refractivity contribution in [2.24, 2.45) is 5.10 Å². The zero-order valence-corrected chi connectivity index (χ0v) is 12.2. The Bertz CT molecular complexity index is 751. The van der Waals surface area contributed by atoms with Crippen molar-refractivity contribution in [2.75, 3.05) is 0 Å². The van der Waals surface area contributed by atoms with Crippen molar-refractivity contribution in [1.29, 1.82) is 5.26 Å². The molecule has 0 saturated carbocycles. The molecular formula is C15H9Cl2N3O. The summed E-state index contributed by atoms with van der Waals surface area (Å²) in [5.74, 6) is -0.500. The third kappa shape index (κ3) is 3.60. The van der Waals surface area contributed by atoms with Gasteiger partial charge in [0, 0.05) is 5.56 Å². The van der Waals surface area contributed by atoms with Crippen LogP contribution >= 0.6 is 23.2 Å². The normalized spacial score (nSPS) is 10.8. The van der Waals surface area contributed by atoms with Crippen LogP contribution in [0.25, 0.3) is 0 Å². The van der Waals surface area contributed by atoms with Gasteiger partial charge in [-0.15, -0.1) is 0 Å². The minimum atomic E-state index is -0.500. The van der Waals surface area contributed by atoms with Gasteiger partial charge < -0.3 is 0 Å². The van der Waals surface area contributed by atoms with Gasteiger partial charge in [-0.3, -0.25) is 4.79 Å². The molecular weight excluding hydrogens is 309 g/mol. The highest BCUT2D eigenvalue weighted by Gasteiger charge is 2.11. The standard InChI is InChI=1S/C15H9Cl2N3O/c16-12-7-3-1-5-10(12)14(9-18)19-20-15(21)11-6-2-4-8-13(11)17/h1-8H,(H,20,21)/b19-14+. The first kappa shape index (κ1) is 15.0. The number of hydrazone groups is 1. The molecule has 0 fully saturated rings. The second kappa shape index (κ2) is 6.89. The van der Waals surface area contributed by atoms with E-state index in [0.717, 1.165) is 0 Å². The highest BCUT2D eigenvalue weighted by molar-refractivity contribution is 6.35. The third-order valence-corrected chi connectivity index (χ3v) is 3.28. The molecule has 0 bridgehead atoms. The molecule has 21 heavy (non-hydrogen) atoms. The van der Waals surface area contributed by atoms with E-state index >= 15 is 0 Å². The average molecular weight is 318 g/mol. The molecule has 0 saturated heterocycles. The molecule has 2 aromatic carbocycles. The van der Waals surface area contributed by atoms with E-state index in [-0.39, 0.29) is 11.3 Å². The van der Waals surface area contributed by atoms with Gasteiger partial charge in [0.15, 0.2) is 5.71 Å². The first-order valence-electron chi connectivity index (χ1n) is 5.91. The molecule has 104 valence electrons. The summed E-state index contributed by atoms with van der Waals surface area (Å²) >= 11 is 11.9. The first-order valence-corrected chi connectivity index (χ1v) is 6.66. The summed E-state index contributed by atoms with van der Waals surface area (Å²) in [6, 6.07) is 15.2. The Labute approximate surface area is 131 Å². The fourth-order valence-corrected chi connectivity index (χ4v) is 2.06. The lowest BCUT2D eigenvalue weighted by atomic mass is 10.1. The highest BCUT2D eigenvalue weighted by atomic mass is 35.5. The Morgan fingerprint density at radius 3 is 2.05 bits per heavy atom. The van der Waals surface area contributed by atoms with Crippen LogP contribution in [0.5, 0.6) is 0 Å². The van der Waals surface area contributed by atoms with Crippen molar-refractivity contribution < 1.29 is 4.79 Å². The second-order valence-electron chi connectivity index (χ2n) is 3.97. The molecule has 0 aromatic heterocycles. The van der Waals surface area contributed by atoms with Gasteiger partial charge >= 0.3 is 0 Å². The Morgan fingerprint density at radius 2 is 1.52 bits per heavy atom. The van der Waals surface area contributed by atoms with Crippen LogP contribution < -0.4 is 5.43 Å². The lowest BCUT2D eigenvalue weighted by molar-refractivity contribution is 0.0955. The van der Waals surface area contributed by atoms with Gasteiger partial charge in [-0.25, -0.2) is 5.43 Å². The predicted molar refractivity (Wildman–Crippen MR) is 82.5 cm³/mol. The summed E-state index contributed by atoms with van der Waals surface area (Å²) in [7, 11) is 0. The number of nitrogens with one attached hydrogen (secondary N) is 1. The average Bonchev–Trinajstić information content (AvgIpc) is 2.49. The number of rotatable bonds is 3.